The average molecular weight is 474 g/mol. The summed E-state index contributed by atoms with van der Waals surface area (Å²) in [5.41, 5.74) is -2.98. The van der Waals surface area contributed by atoms with Crippen molar-refractivity contribution in [1.29, 1.82) is 0 Å². The van der Waals surface area contributed by atoms with Crippen molar-refractivity contribution in [3.8, 4) is 5.69 Å². The summed E-state index contributed by atoms with van der Waals surface area (Å²) in [6, 6.07) is 12.4. The molecule has 1 aliphatic heterocycles. The maximum atomic E-state index is 13.1. The molecular weight excluding hydrogens is 453 g/mol. The molecule has 1 atom stereocenters. The third-order valence-corrected chi connectivity index (χ3v) is 5.38. The van der Waals surface area contributed by atoms with Gasteiger partial charge in [-0.1, -0.05) is 30.3 Å². The van der Waals surface area contributed by atoms with Gasteiger partial charge < -0.3 is 10.1 Å². The Labute approximate surface area is 191 Å². The summed E-state index contributed by atoms with van der Waals surface area (Å²) in [5, 5.41) is 6.58. The van der Waals surface area contributed by atoms with Crippen LogP contribution in [-0.4, -0.2) is 39.5 Å². The van der Waals surface area contributed by atoms with Crippen LogP contribution in [0.4, 0.5) is 13.2 Å². The summed E-state index contributed by atoms with van der Waals surface area (Å²) in [6.07, 6.45) is -3.15. The van der Waals surface area contributed by atoms with E-state index in [1.54, 1.807) is 30.3 Å². The quantitative estimate of drug-likeness (QED) is 0.592. The molecule has 2 aromatic carbocycles. The topological polar surface area (TPSA) is 95.2 Å². The van der Waals surface area contributed by atoms with Gasteiger partial charge in [-0.05, 0) is 42.7 Å². The first-order valence-corrected chi connectivity index (χ1v) is 10.6. The second-order valence-corrected chi connectivity index (χ2v) is 7.81. The van der Waals surface area contributed by atoms with E-state index in [0.717, 1.165) is 29.7 Å². The third-order valence-electron chi connectivity index (χ3n) is 5.38. The minimum Gasteiger partial charge on any atom is -0.376 e. The van der Waals surface area contributed by atoms with Gasteiger partial charge in [0.05, 0.1) is 23.9 Å². The normalized spacial score (nSPS) is 15.9. The lowest BCUT2D eigenvalue weighted by atomic mass is 10.1. The van der Waals surface area contributed by atoms with Gasteiger partial charge in [-0.25, -0.2) is 4.79 Å². The fourth-order valence-electron chi connectivity index (χ4n) is 3.66. The lowest BCUT2D eigenvalue weighted by molar-refractivity contribution is -0.137. The lowest BCUT2D eigenvalue weighted by Gasteiger charge is -2.14. The first-order chi connectivity index (χ1) is 16.2. The van der Waals surface area contributed by atoms with E-state index in [1.165, 1.54) is 12.1 Å². The molecule has 8 nitrogen and oxygen atoms in total. The van der Waals surface area contributed by atoms with Gasteiger partial charge in [0.1, 0.15) is 0 Å². The van der Waals surface area contributed by atoms with Crippen LogP contribution >= 0.6 is 0 Å². The van der Waals surface area contributed by atoms with Gasteiger partial charge in [0.15, 0.2) is 0 Å². The van der Waals surface area contributed by atoms with Gasteiger partial charge in [-0.2, -0.15) is 23.0 Å². The van der Waals surface area contributed by atoms with Crippen molar-refractivity contribution in [2.45, 2.75) is 31.7 Å². The number of amides is 1. The maximum Gasteiger partial charge on any atom is 0.416 e. The first kappa shape index (κ1) is 23.4. The number of aromatic nitrogens is 3. The SMILES string of the molecule is O=C(NC[C@@H]1CCCO1)c1nn(-c2ccccc2)c(=O)n(Cc2cccc(C(F)(F)F)c2)c1=O. The monoisotopic (exact) mass is 474 g/mol. The summed E-state index contributed by atoms with van der Waals surface area (Å²) in [5.74, 6) is -0.803. The molecule has 178 valence electrons. The molecule has 0 unspecified atom stereocenters. The molecule has 0 radical (unpaired) electrons. The predicted molar refractivity (Wildman–Crippen MR) is 116 cm³/mol. The molecule has 0 aliphatic carbocycles. The van der Waals surface area contributed by atoms with E-state index in [1.807, 2.05) is 0 Å². The van der Waals surface area contributed by atoms with E-state index in [4.69, 9.17) is 4.74 Å². The Morgan fingerprint density at radius 3 is 2.56 bits per heavy atom. The molecule has 3 aromatic rings. The Kier molecular flexibility index (Phi) is 6.64. The van der Waals surface area contributed by atoms with Gasteiger partial charge in [0, 0.05) is 13.2 Å². The molecule has 11 heteroatoms. The highest BCUT2D eigenvalue weighted by Gasteiger charge is 2.30. The van der Waals surface area contributed by atoms with E-state index in [-0.39, 0.29) is 18.2 Å². The number of hydrogen-bond donors (Lipinski definition) is 1. The minimum atomic E-state index is -4.59. The Morgan fingerprint density at radius 1 is 1.12 bits per heavy atom. The number of rotatable bonds is 6. The molecule has 1 amide bonds. The summed E-state index contributed by atoms with van der Waals surface area (Å²) in [7, 11) is 0. The van der Waals surface area contributed by atoms with E-state index >= 15 is 0 Å². The molecule has 0 saturated carbocycles. The van der Waals surface area contributed by atoms with Gasteiger partial charge in [0.2, 0.25) is 5.69 Å². The molecule has 1 N–H and O–H groups in total. The average Bonchev–Trinajstić information content (AvgIpc) is 3.34. The molecule has 1 saturated heterocycles. The van der Waals surface area contributed by atoms with Gasteiger partial charge >= 0.3 is 11.9 Å². The number of para-hydroxylation sites is 1. The zero-order chi connectivity index (χ0) is 24.3. The second kappa shape index (κ2) is 9.64. The fourth-order valence-corrected chi connectivity index (χ4v) is 3.66. The number of nitrogens with one attached hydrogen (secondary N) is 1. The molecule has 1 aliphatic rings. The molecule has 1 fully saturated rings. The smallest absolute Gasteiger partial charge is 0.376 e. The number of carbonyl (C=O) groups is 1. The van der Waals surface area contributed by atoms with Gasteiger partial charge in [-0.15, -0.1) is 0 Å². The van der Waals surface area contributed by atoms with Crippen LogP contribution in [0.1, 0.15) is 34.5 Å². The number of hydrogen-bond acceptors (Lipinski definition) is 5. The molecule has 0 bridgehead atoms. The van der Waals surface area contributed by atoms with E-state index < -0.39 is 41.1 Å². The highest BCUT2D eigenvalue weighted by Crippen LogP contribution is 2.29. The number of alkyl halides is 3. The second-order valence-electron chi connectivity index (χ2n) is 7.81. The van der Waals surface area contributed by atoms with Crippen LogP contribution in [0.5, 0.6) is 0 Å². The number of halogens is 3. The Bertz CT molecular complexity index is 1300. The fraction of sp³-hybridized carbons (Fsp3) is 0.304. The zero-order valence-electron chi connectivity index (χ0n) is 17.9. The Hall–Kier alpha value is -3.73. The zero-order valence-corrected chi connectivity index (χ0v) is 17.9. The van der Waals surface area contributed by atoms with Crippen LogP contribution in [-0.2, 0) is 17.5 Å². The minimum absolute atomic E-state index is 0.0746. The standard InChI is InChI=1S/C23H21F3N4O4/c24-23(25,26)16-7-4-6-15(12-16)14-29-21(32)19(20(31)27-13-18-10-5-11-34-18)28-30(22(29)33)17-8-2-1-3-9-17/h1-4,6-9,12,18H,5,10-11,13-14H2,(H,27,31)/t18-/m0/s1. The van der Waals surface area contributed by atoms with E-state index in [2.05, 4.69) is 10.4 Å². The molecule has 34 heavy (non-hydrogen) atoms. The van der Waals surface area contributed by atoms with Crippen LogP contribution in [0, 0.1) is 0 Å². The number of nitrogens with zero attached hydrogens (tertiary/aromatic N) is 3. The number of ether oxygens (including phenoxy) is 1. The van der Waals surface area contributed by atoms with Gasteiger partial charge in [-0.3, -0.25) is 14.2 Å². The van der Waals surface area contributed by atoms with Crippen molar-refractivity contribution < 1.29 is 22.7 Å². The molecular formula is C23H21F3N4O4. The summed E-state index contributed by atoms with van der Waals surface area (Å²) in [6.45, 7) is 0.280. The molecule has 2 heterocycles. The van der Waals surface area contributed by atoms with E-state index in [9.17, 15) is 27.6 Å². The van der Waals surface area contributed by atoms with Crippen molar-refractivity contribution in [2.24, 2.45) is 0 Å². The van der Waals surface area contributed by atoms with Crippen LogP contribution < -0.4 is 16.6 Å². The van der Waals surface area contributed by atoms with Crippen molar-refractivity contribution in [3.05, 3.63) is 92.3 Å². The van der Waals surface area contributed by atoms with Crippen LogP contribution in [0.3, 0.4) is 0 Å². The van der Waals surface area contributed by atoms with E-state index in [0.29, 0.717) is 16.9 Å². The van der Waals surface area contributed by atoms with Crippen molar-refractivity contribution in [1.82, 2.24) is 19.7 Å². The summed E-state index contributed by atoms with van der Waals surface area (Å²) >= 11 is 0. The third kappa shape index (κ3) is 5.09. The number of benzene rings is 2. The van der Waals surface area contributed by atoms with Crippen LogP contribution in [0.2, 0.25) is 0 Å². The lowest BCUT2D eigenvalue weighted by Crippen LogP contribution is -2.46. The predicted octanol–water partition coefficient (Wildman–Crippen LogP) is 2.37. The number of carbonyl (C=O) groups excluding carboxylic acids is 1. The molecule has 4 rings (SSSR count). The molecule has 1 aromatic heterocycles. The summed E-state index contributed by atoms with van der Waals surface area (Å²) in [4.78, 5) is 39.0. The van der Waals surface area contributed by atoms with Crippen molar-refractivity contribution in [3.63, 3.8) is 0 Å². The first-order valence-electron chi connectivity index (χ1n) is 10.6. The van der Waals surface area contributed by atoms with Crippen LogP contribution in [0.25, 0.3) is 5.69 Å². The summed E-state index contributed by atoms with van der Waals surface area (Å²) < 4.78 is 46.4. The maximum absolute atomic E-state index is 13.1. The van der Waals surface area contributed by atoms with Crippen LogP contribution in [0.15, 0.2) is 64.2 Å². The largest absolute Gasteiger partial charge is 0.416 e. The Morgan fingerprint density at radius 2 is 1.88 bits per heavy atom. The van der Waals surface area contributed by atoms with Crippen molar-refractivity contribution >= 4 is 5.91 Å². The highest BCUT2D eigenvalue weighted by molar-refractivity contribution is 5.91. The van der Waals surface area contributed by atoms with Gasteiger partial charge in [0.25, 0.3) is 11.5 Å². The Balaban J connectivity index is 1.76. The molecule has 0 spiro atoms. The van der Waals surface area contributed by atoms with Crippen molar-refractivity contribution in [2.75, 3.05) is 13.2 Å². The highest BCUT2D eigenvalue weighted by atomic mass is 19.4.